The second-order valence-corrected chi connectivity index (χ2v) is 8.76. The summed E-state index contributed by atoms with van der Waals surface area (Å²) in [7, 11) is 3.22. The quantitative estimate of drug-likeness (QED) is 0.280. The first-order valence-corrected chi connectivity index (χ1v) is 11.9. The first-order chi connectivity index (χ1) is 16.0. The third-order valence-corrected chi connectivity index (χ3v) is 5.56. The Hall–Kier alpha value is -1.60. The Balaban J connectivity index is 0.000000196. The number of methoxy groups -OCH3 is 2. The highest BCUT2D eigenvalue weighted by atomic mass is 79.9. The van der Waals surface area contributed by atoms with Gasteiger partial charge < -0.3 is 28.6 Å². The van der Waals surface area contributed by atoms with Crippen molar-refractivity contribution >= 4 is 55.0 Å². The van der Waals surface area contributed by atoms with E-state index in [1.165, 1.54) is 5.56 Å². The largest absolute Gasteiger partial charge is 0.478 e. The number of rotatable bonds is 7. The van der Waals surface area contributed by atoms with Gasteiger partial charge in [0.15, 0.2) is 5.05 Å². The number of benzene rings is 2. The molecule has 2 aromatic rings. The summed E-state index contributed by atoms with van der Waals surface area (Å²) in [5.74, 6) is 5.17. The molecule has 11 heteroatoms. The van der Waals surface area contributed by atoms with Crippen molar-refractivity contribution in [2.24, 2.45) is 11.1 Å². The van der Waals surface area contributed by atoms with E-state index in [2.05, 4.69) is 52.5 Å². The fourth-order valence-electron chi connectivity index (χ4n) is 2.65. The number of ether oxygens (including phenoxy) is 4. The Morgan fingerprint density at radius 3 is 2.06 bits per heavy atom. The van der Waals surface area contributed by atoms with Crippen molar-refractivity contribution in [2.75, 3.05) is 40.6 Å². The summed E-state index contributed by atoms with van der Waals surface area (Å²) in [5, 5.41) is 4.55. The third kappa shape index (κ3) is 9.28. The fraction of sp³-hybridized carbons (Fsp3) is 0.364. The first kappa shape index (κ1) is 27.6. The molecule has 2 aliphatic rings. The highest BCUT2D eigenvalue weighted by molar-refractivity contribution is 9.10. The summed E-state index contributed by atoms with van der Waals surface area (Å²) in [4.78, 5) is 9.23. The lowest BCUT2D eigenvalue weighted by Crippen LogP contribution is -2.05. The zero-order valence-electron chi connectivity index (χ0n) is 18.3. The van der Waals surface area contributed by atoms with Crippen molar-refractivity contribution in [3.05, 3.63) is 67.6 Å². The van der Waals surface area contributed by atoms with E-state index >= 15 is 0 Å². The third-order valence-electron chi connectivity index (χ3n) is 4.24. The number of halogens is 2. The molecule has 0 unspecified atom stereocenters. The Morgan fingerprint density at radius 2 is 1.45 bits per heavy atom. The van der Waals surface area contributed by atoms with E-state index in [1.54, 1.807) is 14.2 Å². The molecule has 2 heterocycles. The van der Waals surface area contributed by atoms with Gasteiger partial charge in [0.2, 0.25) is 0 Å². The molecule has 0 spiro atoms. The van der Waals surface area contributed by atoms with Crippen LogP contribution in [0.1, 0.15) is 22.3 Å². The van der Waals surface area contributed by atoms with E-state index in [0.29, 0.717) is 50.6 Å². The van der Waals surface area contributed by atoms with Crippen LogP contribution in [0.15, 0.2) is 50.5 Å². The number of nitrogens with two attached hydrogens (primary N) is 1. The molecule has 0 bridgehead atoms. The van der Waals surface area contributed by atoms with Crippen molar-refractivity contribution in [3.63, 3.8) is 0 Å². The second kappa shape index (κ2) is 15.3. The maximum atomic E-state index is 5.42. The van der Waals surface area contributed by atoms with Crippen LogP contribution in [0, 0.1) is 0 Å². The van der Waals surface area contributed by atoms with E-state index in [0.717, 1.165) is 25.6 Å². The average molecular weight is 606 g/mol. The molecule has 8 nitrogen and oxygen atoms in total. The van der Waals surface area contributed by atoms with Gasteiger partial charge in [-0.1, -0.05) is 31.9 Å². The van der Waals surface area contributed by atoms with E-state index in [-0.39, 0.29) is 0 Å². The van der Waals surface area contributed by atoms with Crippen LogP contribution >= 0.6 is 44.1 Å². The molecule has 0 saturated heterocycles. The standard InChI is InChI=1S/C11H12BrNO3.C8H5BrOS.C3H9NO2/c1-14-4-5-16-13-11-10-3-2-9(12)6-8(10)7-15-11;9-6-1-2-7-5(3-6)4-10-8(7)11;1-5-2-3-6-4/h2-3,6H,4-5,7H2,1H3;1-3H,4H2;2-4H2,1H3/b13-11-;;. The minimum atomic E-state index is 0.426. The molecule has 0 aliphatic carbocycles. The van der Waals surface area contributed by atoms with Crippen LogP contribution in [0.3, 0.4) is 0 Å². The van der Waals surface area contributed by atoms with Crippen LogP contribution in [-0.4, -0.2) is 51.6 Å². The average Bonchev–Trinajstić information content (AvgIpc) is 3.38. The van der Waals surface area contributed by atoms with Gasteiger partial charge >= 0.3 is 0 Å². The molecular formula is C22H26Br2N2O6S. The molecule has 0 amide bonds. The van der Waals surface area contributed by atoms with Gasteiger partial charge in [-0.3, -0.25) is 0 Å². The van der Waals surface area contributed by atoms with Crippen LogP contribution in [0.4, 0.5) is 0 Å². The van der Waals surface area contributed by atoms with Crippen molar-refractivity contribution in [3.8, 4) is 0 Å². The number of hydrogen-bond donors (Lipinski definition) is 1. The van der Waals surface area contributed by atoms with Crippen LogP contribution in [0.5, 0.6) is 0 Å². The van der Waals surface area contributed by atoms with Gasteiger partial charge in [-0.25, -0.2) is 5.90 Å². The highest BCUT2D eigenvalue weighted by Gasteiger charge is 2.20. The fourth-order valence-corrected chi connectivity index (χ4v) is 3.72. The minimum Gasteiger partial charge on any atom is -0.478 e. The number of thiocarbonyl (C=S) groups is 1. The minimum absolute atomic E-state index is 0.426. The highest BCUT2D eigenvalue weighted by Crippen LogP contribution is 2.25. The lowest BCUT2D eigenvalue weighted by Gasteiger charge is -2.00. The van der Waals surface area contributed by atoms with Gasteiger partial charge in [0.1, 0.15) is 19.8 Å². The van der Waals surface area contributed by atoms with Gasteiger partial charge in [0.05, 0.1) is 19.8 Å². The number of nitrogens with zero attached hydrogens (tertiary/aromatic N) is 1. The SMILES string of the molecule is COCCO/N=C1\OCc2cc(Br)ccc21.COCCON.S=C1OCc2cc(Br)ccc21. The molecule has 0 fully saturated rings. The summed E-state index contributed by atoms with van der Waals surface area (Å²) in [6.07, 6.45) is 0. The van der Waals surface area contributed by atoms with Gasteiger partial charge in [0.25, 0.3) is 5.90 Å². The zero-order valence-corrected chi connectivity index (χ0v) is 22.3. The van der Waals surface area contributed by atoms with Crippen molar-refractivity contribution < 1.29 is 28.6 Å². The van der Waals surface area contributed by atoms with Crippen LogP contribution in [-0.2, 0) is 41.8 Å². The number of oxime groups is 1. The normalized spacial score (nSPS) is 14.2. The molecule has 0 atom stereocenters. The van der Waals surface area contributed by atoms with E-state index in [9.17, 15) is 0 Å². The Labute approximate surface area is 215 Å². The Bertz CT molecular complexity index is 941. The summed E-state index contributed by atoms with van der Waals surface area (Å²) in [6, 6.07) is 11.9. The van der Waals surface area contributed by atoms with Crippen molar-refractivity contribution in [1.29, 1.82) is 0 Å². The zero-order chi connectivity index (χ0) is 24.1. The predicted octanol–water partition coefficient (Wildman–Crippen LogP) is 4.48. The van der Waals surface area contributed by atoms with Crippen molar-refractivity contribution in [1.82, 2.24) is 0 Å². The van der Waals surface area contributed by atoms with Crippen LogP contribution in [0.25, 0.3) is 0 Å². The van der Waals surface area contributed by atoms with Gasteiger partial charge in [-0.05, 0) is 53.8 Å². The number of fused-ring (bicyclic) bond motifs is 2. The maximum Gasteiger partial charge on any atom is 0.258 e. The maximum absolute atomic E-state index is 5.42. The van der Waals surface area contributed by atoms with Gasteiger partial charge in [0, 0.05) is 45.4 Å². The molecule has 4 rings (SSSR count). The Morgan fingerprint density at radius 1 is 0.879 bits per heavy atom. The molecule has 33 heavy (non-hydrogen) atoms. The smallest absolute Gasteiger partial charge is 0.258 e. The topological polar surface area (TPSA) is 93.8 Å². The summed E-state index contributed by atoms with van der Waals surface area (Å²) in [6.45, 7) is 3.14. The summed E-state index contributed by atoms with van der Waals surface area (Å²) >= 11 is 11.8. The molecule has 180 valence electrons. The van der Waals surface area contributed by atoms with Crippen molar-refractivity contribution in [2.45, 2.75) is 13.2 Å². The number of hydrogen-bond acceptors (Lipinski definition) is 9. The van der Waals surface area contributed by atoms with Crippen LogP contribution < -0.4 is 5.90 Å². The summed E-state index contributed by atoms with van der Waals surface area (Å²) in [5.41, 5.74) is 4.33. The molecule has 2 N–H and O–H groups in total. The van der Waals surface area contributed by atoms with E-state index in [4.69, 9.17) is 31.3 Å². The first-order valence-electron chi connectivity index (χ1n) is 9.86. The predicted molar refractivity (Wildman–Crippen MR) is 136 cm³/mol. The summed E-state index contributed by atoms with van der Waals surface area (Å²) < 4.78 is 22.2. The molecule has 0 saturated carbocycles. The van der Waals surface area contributed by atoms with E-state index < -0.39 is 0 Å². The van der Waals surface area contributed by atoms with Gasteiger partial charge in [-0.2, -0.15) is 0 Å². The lowest BCUT2D eigenvalue weighted by molar-refractivity contribution is 0.0706. The monoisotopic (exact) mass is 604 g/mol. The second-order valence-electron chi connectivity index (χ2n) is 6.55. The molecular weight excluding hydrogens is 580 g/mol. The Kier molecular flexibility index (Phi) is 12.8. The molecule has 0 radical (unpaired) electrons. The van der Waals surface area contributed by atoms with Gasteiger partial charge in [-0.15, -0.1) is 0 Å². The molecule has 0 aromatic heterocycles. The lowest BCUT2D eigenvalue weighted by atomic mass is 10.1. The van der Waals surface area contributed by atoms with E-state index in [1.807, 2.05) is 36.4 Å². The molecule has 2 aromatic carbocycles. The molecule has 2 aliphatic heterocycles. The van der Waals surface area contributed by atoms with Crippen LogP contribution in [0.2, 0.25) is 0 Å².